The van der Waals surface area contributed by atoms with Crippen molar-refractivity contribution in [3.05, 3.63) is 114 Å². The van der Waals surface area contributed by atoms with Crippen LogP contribution in [0, 0.1) is 17.8 Å². The smallest absolute Gasteiger partial charge is 0.410 e. The van der Waals surface area contributed by atoms with Crippen LogP contribution in [0.4, 0.5) is 4.79 Å². The zero-order chi connectivity index (χ0) is 50.1. The molecule has 72 heavy (non-hydrogen) atoms. The van der Waals surface area contributed by atoms with Crippen LogP contribution in [0.1, 0.15) is 140 Å². The van der Waals surface area contributed by atoms with Gasteiger partial charge >= 0.3 is 6.09 Å². The molecule has 2 aliphatic heterocycles. The molecule has 1 saturated carbocycles. The Morgan fingerprint density at radius 2 is 1.50 bits per heavy atom. The zero-order valence-corrected chi connectivity index (χ0v) is 42.8. The first-order chi connectivity index (χ1) is 35.4. The molecule has 388 valence electrons. The zero-order valence-electron chi connectivity index (χ0n) is 42.8. The Hall–Kier alpha value is -5.56. The summed E-state index contributed by atoms with van der Waals surface area (Å²) in [4.78, 5) is 22.9. The van der Waals surface area contributed by atoms with Gasteiger partial charge in [-0.3, -0.25) is 4.90 Å². The predicted octanol–water partition coefficient (Wildman–Crippen LogP) is 13.6. The molecular formula is C60H78N2O10. The first-order valence-electron chi connectivity index (χ1n) is 27.1. The number of hydrogen-bond donors (Lipinski definition) is 2. The van der Waals surface area contributed by atoms with Crippen LogP contribution in [0.5, 0.6) is 28.7 Å². The van der Waals surface area contributed by atoms with Crippen molar-refractivity contribution in [1.82, 2.24) is 4.90 Å². The Kier molecular flexibility index (Phi) is 19.3. The van der Waals surface area contributed by atoms with Gasteiger partial charge < -0.3 is 43.5 Å². The maximum atomic E-state index is 15.2. The van der Waals surface area contributed by atoms with Crippen molar-refractivity contribution in [2.45, 2.75) is 147 Å². The molecule has 0 saturated heterocycles. The average molecular weight is 987 g/mol. The molecule has 4 aliphatic rings. The fraction of sp³-hybridized carbons (Fsp3) is 0.533. The lowest BCUT2D eigenvalue weighted by Gasteiger charge is -2.59. The highest BCUT2D eigenvalue weighted by molar-refractivity contribution is 6.03. The molecule has 0 aromatic heterocycles. The van der Waals surface area contributed by atoms with Crippen LogP contribution in [0.3, 0.4) is 0 Å². The van der Waals surface area contributed by atoms with Gasteiger partial charge in [-0.05, 0) is 115 Å². The number of fused-ring (bicyclic) bond motifs is 4. The van der Waals surface area contributed by atoms with E-state index in [1.54, 1.807) is 11.0 Å². The highest BCUT2D eigenvalue weighted by atomic mass is 16.7. The van der Waals surface area contributed by atoms with E-state index >= 15 is 4.79 Å². The largest absolute Gasteiger partial charge is 0.459 e. The number of carbonyl (C=O) groups excluding carboxylic acids is 1. The number of ether oxygens (including phenoxy) is 6. The van der Waals surface area contributed by atoms with Gasteiger partial charge in [-0.15, -0.1) is 6.58 Å². The summed E-state index contributed by atoms with van der Waals surface area (Å²) in [6, 6.07) is 25.4. The number of aliphatic hydroxyl groups is 2. The summed E-state index contributed by atoms with van der Waals surface area (Å²) in [5.41, 5.74) is 3.50. The number of hydrogen-bond acceptors (Lipinski definition) is 11. The average Bonchev–Trinajstić information content (AvgIpc) is 3.87. The van der Waals surface area contributed by atoms with E-state index in [-0.39, 0.29) is 63.9 Å². The lowest BCUT2D eigenvalue weighted by atomic mass is 9.55. The number of oxime groups is 1. The number of aliphatic hydroxyl groups excluding tert-OH is 2. The molecule has 12 nitrogen and oxygen atoms in total. The van der Waals surface area contributed by atoms with Gasteiger partial charge in [-0.25, -0.2) is 4.79 Å². The van der Waals surface area contributed by atoms with Crippen molar-refractivity contribution in [1.29, 1.82) is 0 Å². The van der Waals surface area contributed by atoms with E-state index in [0.717, 1.165) is 83.9 Å². The Labute approximate surface area is 427 Å². The summed E-state index contributed by atoms with van der Waals surface area (Å²) in [7, 11) is 0. The van der Waals surface area contributed by atoms with Crippen LogP contribution in [0.25, 0.3) is 10.8 Å². The molecule has 2 heterocycles. The minimum atomic E-state index is -1.46. The third-order valence-corrected chi connectivity index (χ3v) is 15.0. The van der Waals surface area contributed by atoms with Crippen molar-refractivity contribution < 1.29 is 48.3 Å². The Balaban J connectivity index is 1.21. The number of nitrogens with zero attached hydrogens (tertiary/aromatic N) is 2. The lowest BCUT2D eigenvalue weighted by molar-refractivity contribution is -0.256. The second-order valence-electron chi connectivity index (χ2n) is 19.9. The second kappa shape index (κ2) is 26.4. The van der Waals surface area contributed by atoms with Crippen molar-refractivity contribution in [3.8, 4) is 28.7 Å². The summed E-state index contributed by atoms with van der Waals surface area (Å²) in [5, 5.41) is 27.2. The standard InChI is InChI=1S/C60H78N2O10/c1-4-7-8-9-10-11-12-13-14-21-35-66-59(65)62(41-43-26-30-54-55(36-43)68-42-67-54)56-40-52(61-70-6-3)50-38-46(24-17-19-32-63)49(25-18-20-33-64)57-51-39-48(71-47-28-27-44-22-15-16-23-45(44)37-47)29-31-53(51)72-60(56,58(50)57)69-34-5-2/h5,15-16,22-23,26-31,36-39,46,49,56-58,63-64H,2,4,6-14,17-21,24-25,32-35,40-42H2,1,3H3/t46-,49+,56-,57+,58+,60+/m0/s1. The maximum Gasteiger partial charge on any atom is 0.410 e. The molecule has 8 rings (SSSR count). The van der Waals surface area contributed by atoms with Crippen LogP contribution in [0.2, 0.25) is 0 Å². The van der Waals surface area contributed by atoms with Gasteiger partial charge in [-0.2, -0.15) is 0 Å². The molecule has 1 amide bonds. The van der Waals surface area contributed by atoms with E-state index in [1.165, 1.54) is 44.9 Å². The van der Waals surface area contributed by atoms with Crippen LogP contribution >= 0.6 is 0 Å². The Bertz CT molecular complexity index is 2450. The normalized spacial score (nSPS) is 22.1. The number of allylic oxidation sites excluding steroid dienone is 1. The summed E-state index contributed by atoms with van der Waals surface area (Å²) < 4.78 is 39.3. The molecule has 6 atom stereocenters. The fourth-order valence-corrected chi connectivity index (χ4v) is 11.6. The third-order valence-electron chi connectivity index (χ3n) is 15.0. The van der Waals surface area contributed by atoms with Gasteiger partial charge in [0.05, 0.1) is 24.8 Å². The first kappa shape index (κ1) is 52.8. The molecule has 1 fully saturated rings. The SMILES string of the molecule is C=CCO[C@@]12Oc3ccc(Oc4ccc5ccccc5c4)cc3[C@H]3[C@H](CCCCO)[C@@H](CCCCO)C=C(C(=NOCC)C[C@@H]1N(Cc1ccc4c(c1)OCO4)C(=O)OCCCCCCCCCCCC)[C@H]32. The first-order valence-corrected chi connectivity index (χ1v) is 27.1. The topological polar surface area (TPSA) is 138 Å². The number of amides is 1. The quantitative estimate of drug-likeness (QED) is 0.0307. The van der Waals surface area contributed by atoms with Gasteiger partial charge in [0, 0.05) is 37.7 Å². The number of carbonyl (C=O) groups is 1. The van der Waals surface area contributed by atoms with E-state index < -0.39 is 23.8 Å². The van der Waals surface area contributed by atoms with Crippen LogP contribution < -0.4 is 18.9 Å². The predicted molar refractivity (Wildman–Crippen MR) is 282 cm³/mol. The molecule has 0 radical (unpaired) electrons. The van der Waals surface area contributed by atoms with Crippen LogP contribution in [-0.2, 0) is 20.9 Å². The monoisotopic (exact) mass is 987 g/mol. The van der Waals surface area contributed by atoms with E-state index in [1.807, 2.05) is 55.5 Å². The van der Waals surface area contributed by atoms with Gasteiger partial charge in [-0.1, -0.05) is 131 Å². The summed E-state index contributed by atoms with van der Waals surface area (Å²) >= 11 is 0. The molecule has 2 N–H and O–H groups in total. The van der Waals surface area contributed by atoms with Crippen molar-refractivity contribution in [3.63, 3.8) is 0 Å². The van der Waals surface area contributed by atoms with E-state index in [4.69, 9.17) is 38.4 Å². The molecule has 0 bridgehead atoms. The molecule has 0 spiro atoms. The number of rotatable bonds is 29. The highest BCUT2D eigenvalue weighted by Gasteiger charge is 2.65. The maximum absolute atomic E-state index is 15.2. The lowest BCUT2D eigenvalue weighted by Crippen LogP contribution is -2.70. The van der Waals surface area contributed by atoms with Gasteiger partial charge in [0.15, 0.2) is 11.5 Å². The molecule has 4 aromatic rings. The number of benzene rings is 4. The van der Waals surface area contributed by atoms with Gasteiger partial charge in [0.1, 0.15) is 29.9 Å². The molecule has 4 aromatic carbocycles. The highest BCUT2D eigenvalue weighted by Crippen LogP contribution is 2.62. The van der Waals surface area contributed by atoms with Crippen molar-refractivity contribution in [2.24, 2.45) is 22.9 Å². The molecule has 0 unspecified atom stereocenters. The van der Waals surface area contributed by atoms with Gasteiger partial charge in [0.25, 0.3) is 0 Å². The summed E-state index contributed by atoms with van der Waals surface area (Å²) in [5.74, 6) is 1.27. The molecular weight excluding hydrogens is 909 g/mol. The molecule has 12 heteroatoms. The van der Waals surface area contributed by atoms with Crippen molar-refractivity contribution >= 4 is 22.6 Å². The third kappa shape index (κ3) is 12.6. The van der Waals surface area contributed by atoms with E-state index in [0.29, 0.717) is 42.4 Å². The minimum Gasteiger partial charge on any atom is -0.459 e. The van der Waals surface area contributed by atoms with Crippen molar-refractivity contribution in [2.75, 3.05) is 39.8 Å². The summed E-state index contributed by atoms with van der Waals surface area (Å²) in [6.07, 6.45) is 20.2. The number of unbranched alkanes of at least 4 members (excludes halogenated alkanes) is 11. The van der Waals surface area contributed by atoms with E-state index in [2.05, 4.69) is 49.9 Å². The van der Waals surface area contributed by atoms with Gasteiger partial charge in [0.2, 0.25) is 12.6 Å². The van der Waals surface area contributed by atoms with Crippen LogP contribution in [0.15, 0.2) is 108 Å². The second-order valence-corrected chi connectivity index (χ2v) is 19.9. The Morgan fingerprint density at radius 1 is 0.792 bits per heavy atom. The Morgan fingerprint density at radius 3 is 2.26 bits per heavy atom. The van der Waals surface area contributed by atoms with Crippen LogP contribution in [-0.4, -0.2) is 78.6 Å². The van der Waals surface area contributed by atoms with E-state index in [9.17, 15) is 10.2 Å². The fourth-order valence-electron chi connectivity index (χ4n) is 11.6. The molecule has 2 aliphatic carbocycles. The summed E-state index contributed by atoms with van der Waals surface area (Å²) in [6.45, 7) is 9.55. The minimum absolute atomic E-state index is 0.0481.